The van der Waals surface area contributed by atoms with Crippen LogP contribution in [-0.2, 0) is 14.8 Å². The van der Waals surface area contributed by atoms with Crippen LogP contribution in [0.1, 0.15) is 18.1 Å². The molecule has 1 amide bonds. The van der Waals surface area contributed by atoms with Crippen LogP contribution in [0.5, 0.6) is 11.5 Å². The van der Waals surface area contributed by atoms with E-state index in [9.17, 15) is 13.2 Å². The zero-order chi connectivity index (χ0) is 23.1. The molecule has 0 aromatic heterocycles. The molecule has 32 heavy (non-hydrogen) atoms. The van der Waals surface area contributed by atoms with Crippen molar-refractivity contribution in [1.82, 2.24) is 0 Å². The summed E-state index contributed by atoms with van der Waals surface area (Å²) in [5.74, 6) is 0.422. The monoisotopic (exact) mass is 451 g/mol. The highest BCUT2D eigenvalue weighted by Gasteiger charge is 2.29. The smallest absolute Gasteiger partial charge is 0.271 e. The second-order valence-corrected chi connectivity index (χ2v) is 8.72. The van der Waals surface area contributed by atoms with Gasteiger partial charge in [-0.05, 0) is 61.9 Å². The first-order valence-corrected chi connectivity index (χ1v) is 11.5. The Bertz CT molecular complexity index is 1200. The fourth-order valence-electron chi connectivity index (χ4n) is 3.06. The van der Waals surface area contributed by atoms with E-state index in [1.807, 2.05) is 13.8 Å². The van der Waals surface area contributed by atoms with Gasteiger partial charge in [0.2, 0.25) is 0 Å². The van der Waals surface area contributed by atoms with Gasteiger partial charge in [0.15, 0.2) is 11.5 Å². The molecule has 0 heterocycles. The number of sulfonamides is 1. The molecular formula is C25H25NO5S. The minimum absolute atomic E-state index is 0.0325. The van der Waals surface area contributed by atoms with Gasteiger partial charge in [0.25, 0.3) is 15.9 Å². The van der Waals surface area contributed by atoms with Crippen LogP contribution < -0.4 is 13.8 Å². The summed E-state index contributed by atoms with van der Waals surface area (Å²) in [6.45, 7) is 4.26. The number of methoxy groups -OCH3 is 1. The van der Waals surface area contributed by atoms with E-state index < -0.39 is 15.9 Å². The third-order valence-electron chi connectivity index (χ3n) is 4.66. The van der Waals surface area contributed by atoms with Crippen molar-refractivity contribution in [2.45, 2.75) is 18.7 Å². The topological polar surface area (TPSA) is 72.9 Å². The highest BCUT2D eigenvalue weighted by molar-refractivity contribution is 7.93. The number of amides is 1. The molecule has 0 fully saturated rings. The Hall–Kier alpha value is -3.58. The molecule has 0 aliphatic heterocycles. The Balaban J connectivity index is 1.98. The predicted octanol–water partition coefficient (Wildman–Crippen LogP) is 4.84. The van der Waals surface area contributed by atoms with Crippen molar-refractivity contribution in [3.8, 4) is 11.5 Å². The number of anilines is 1. The van der Waals surface area contributed by atoms with Gasteiger partial charge in [0, 0.05) is 6.08 Å². The summed E-state index contributed by atoms with van der Waals surface area (Å²) in [6.07, 6.45) is 2.78. The number of aryl methyl sites for hydroxylation is 1. The van der Waals surface area contributed by atoms with Crippen LogP contribution in [0.4, 0.5) is 5.69 Å². The normalized spacial score (nSPS) is 11.3. The number of ether oxygens (including phenoxy) is 2. The zero-order valence-corrected chi connectivity index (χ0v) is 19.0. The quantitative estimate of drug-likeness (QED) is 0.458. The van der Waals surface area contributed by atoms with Crippen molar-refractivity contribution in [2.24, 2.45) is 0 Å². The summed E-state index contributed by atoms with van der Waals surface area (Å²) < 4.78 is 38.3. The summed E-state index contributed by atoms with van der Waals surface area (Å²) in [5, 5.41) is 0. The molecular weight excluding hydrogens is 426 g/mol. The first kappa shape index (κ1) is 23.1. The van der Waals surface area contributed by atoms with Gasteiger partial charge in [-0.3, -0.25) is 4.79 Å². The molecule has 0 bridgehead atoms. The lowest BCUT2D eigenvalue weighted by Gasteiger charge is -2.21. The van der Waals surface area contributed by atoms with E-state index in [1.165, 1.54) is 25.3 Å². The fourth-order valence-corrected chi connectivity index (χ4v) is 4.47. The molecule has 0 saturated heterocycles. The Labute approximate surface area is 188 Å². The molecule has 0 saturated carbocycles. The molecule has 0 spiro atoms. The number of hydrogen-bond acceptors (Lipinski definition) is 5. The first-order chi connectivity index (χ1) is 15.4. The third-order valence-corrected chi connectivity index (χ3v) is 6.40. The highest BCUT2D eigenvalue weighted by atomic mass is 32.2. The average Bonchev–Trinajstić information content (AvgIpc) is 2.80. The van der Waals surface area contributed by atoms with Crippen LogP contribution in [0.3, 0.4) is 0 Å². The number of rotatable bonds is 8. The maximum atomic E-state index is 13.3. The second-order valence-electron chi connectivity index (χ2n) is 6.93. The minimum atomic E-state index is -4.11. The van der Waals surface area contributed by atoms with Crippen molar-refractivity contribution in [3.63, 3.8) is 0 Å². The lowest BCUT2D eigenvalue weighted by Crippen LogP contribution is -2.35. The summed E-state index contributed by atoms with van der Waals surface area (Å²) in [4.78, 5) is 13.2. The standard InChI is InChI=1S/C25H25NO5S/c1-4-31-23-16-12-20(18-24(23)30-3)13-17-25(27)26(21-14-10-19(2)11-15-21)32(28,29)22-8-6-5-7-9-22/h5-18H,4H2,1-3H3/b17-13+. The lowest BCUT2D eigenvalue weighted by molar-refractivity contribution is -0.113. The largest absolute Gasteiger partial charge is 0.493 e. The van der Waals surface area contributed by atoms with E-state index in [-0.39, 0.29) is 10.6 Å². The molecule has 166 valence electrons. The maximum Gasteiger partial charge on any atom is 0.271 e. The van der Waals surface area contributed by atoms with E-state index in [1.54, 1.807) is 66.7 Å². The van der Waals surface area contributed by atoms with Gasteiger partial charge in [-0.15, -0.1) is 0 Å². The molecule has 3 aromatic carbocycles. The van der Waals surface area contributed by atoms with Gasteiger partial charge in [-0.25, -0.2) is 8.42 Å². The molecule has 0 unspecified atom stereocenters. The maximum absolute atomic E-state index is 13.3. The van der Waals surface area contributed by atoms with Crippen LogP contribution in [-0.4, -0.2) is 28.0 Å². The van der Waals surface area contributed by atoms with Crippen molar-refractivity contribution >= 4 is 27.7 Å². The van der Waals surface area contributed by atoms with E-state index >= 15 is 0 Å². The predicted molar refractivity (Wildman–Crippen MR) is 125 cm³/mol. The first-order valence-electron chi connectivity index (χ1n) is 10.1. The molecule has 0 N–H and O–H groups in total. The van der Waals surface area contributed by atoms with Crippen LogP contribution in [0.25, 0.3) is 6.08 Å². The van der Waals surface area contributed by atoms with E-state index in [2.05, 4.69) is 0 Å². The van der Waals surface area contributed by atoms with Crippen LogP contribution in [0.15, 0.2) is 83.8 Å². The lowest BCUT2D eigenvalue weighted by atomic mass is 10.2. The number of nitrogens with zero attached hydrogens (tertiary/aromatic N) is 1. The molecule has 3 rings (SSSR count). The van der Waals surface area contributed by atoms with Gasteiger partial charge in [0.05, 0.1) is 24.3 Å². The third kappa shape index (κ3) is 5.18. The molecule has 0 atom stereocenters. The van der Waals surface area contributed by atoms with Gasteiger partial charge in [-0.2, -0.15) is 4.31 Å². The summed E-state index contributed by atoms with van der Waals surface area (Å²) in [5.41, 5.74) is 1.88. The van der Waals surface area contributed by atoms with Crippen molar-refractivity contribution in [1.29, 1.82) is 0 Å². The van der Waals surface area contributed by atoms with Crippen molar-refractivity contribution in [2.75, 3.05) is 18.0 Å². The number of hydrogen-bond donors (Lipinski definition) is 0. The highest BCUT2D eigenvalue weighted by Crippen LogP contribution is 2.29. The van der Waals surface area contributed by atoms with E-state index in [4.69, 9.17) is 9.47 Å². The molecule has 0 radical (unpaired) electrons. The number of carbonyl (C=O) groups is 1. The molecule has 0 aliphatic carbocycles. The Morgan fingerprint density at radius 1 is 0.969 bits per heavy atom. The van der Waals surface area contributed by atoms with Crippen molar-refractivity contribution < 1.29 is 22.7 Å². The molecule has 6 nitrogen and oxygen atoms in total. The zero-order valence-electron chi connectivity index (χ0n) is 18.2. The van der Waals surface area contributed by atoms with Crippen LogP contribution in [0, 0.1) is 6.92 Å². The van der Waals surface area contributed by atoms with Gasteiger partial charge >= 0.3 is 0 Å². The summed E-state index contributed by atoms with van der Waals surface area (Å²) >= 11 is 0. The minimum Gasteiger partial charge on any atom is -0.493 e. The van der Waals surface area contributed by atoms with Gasteiger partial charge < -0.3 is 9.47 Å². The molecule has 3 aromatic rings. The second kappa shape index (κ2) is 10.2. The average molecular weight is 452 g/mol. The fraction of sp³-hybridized carbons (Fsp3) is 0.160. The van der Waals surface area contributed by atoms with Crippen LogP contribution >= 0.6 is 0 Å². The Kier molecular flexibility index (Phi) is 7.33. The van der Waals surface area contributed by atoms with Crippen LogP contribution in [0.2, 0.25) is 0 Å². The molecule has 0 aliphatic rings. The Morgan fingerprint density at radius 2 is 1.66 bits per heavy atom. The SMILES string of the molecule is CCOc1ccc(/C=C/C(=O)N(c2ccc(C)cc2)S(=O)(=O)c2ccccc2)cc1OC. The van der Waals surface area contributed by atoms with Gasteiger partial charge in [-0.1, -0.05) is 42.0 Å². The Morgan fingerprint density at radius 3 is 2.28 bits per heavy atom. The van der Waals surface area contributed by atoms with E-state index in [0.717, 1.165) is 9.87 Å². The van der Waals surface area contributed by atoms with Crippen molar-refractivity contribution in [3.05, 3.63) is 90.0 Å². The number of benzene rings is 3. The van der Waals surface area contributed by atoms with Gasteiger partial charge in [0.1, 0.15) is 0 Å². The molecule has 7 heteroatoms. The number of carbonyl (C=O) groups excluding carboxylic acids is 1. The summed E-state index contributed by atoms with van der Waals surface area (Å²) in [7, 11) is -2.58. The summed E-state index contributed by atoms with van der Waals surface area (Å²) in [6, 6.07) is 19.9. The van der Waals surface area contributed by atoms with E-state index in [0.29, 0.717) is 23.7 Å².